The first kappa shape index (κ1) is 10.1. The lowest BCUT2D eigenvalue weighted by Crippen LogP contribution is -1.86. The number of benzene rings is 1. The lowest BCUT2D eigenvalue weighted by atomic mass is 10.1. The van der Waals surface area contributed by atoms with Crippen molar-refractivity contribution in [3.05, 3.63) is 53.7 Å². The van der Waals surface area contributed by atoms with Gasteiger partial charge >= 0.3 is 0 Å². The minimum absolute atomic E-state index is 0.553. The number of aromatic nitrogens is 1. The van der Waals surface area contributed by atoms with Crippen LogP contribution >= 0.6 is 0 Å². The number of nitriles is 1. The maximum Gasteiger partial charge on any atom is 0.151 e. The molecule has 1 aromatic carbocycles. The van der Waals surface area contributed by atoms with Gasteiger partial charge in [-0.2, -0.15) is 5.26 Å². The molecule has 0 unspecified atom stereocenters. The van der Waals surface area contributed by atoms with Crippen molar-refractivity contribution >= 4 is 6.29 Å². The highest BCUT2D eigenvalue weighted by Gasteiger charge is 1.99. The molecule has 1 heterocycles. The minimum atomic E-state index is 0.553. The molecular formula is C13H8N2O. The lowest BCUT2D eigenvalue weighted by Gasteiger charge is -2.00. The highest BCUT2D eigenvalue weighted by molar-refractivity contribution is 5.75. The number of pyridine rings is 1. The molecule has 0 aliphatic rings. The van der Waals surface area contributed by atoms with Crippen LogP contribution in [0.3, 0.4) is 0 Å². The van der Waals surface area contributed by atoms with Gasteiger partial charge in [-0.3, -0.25) is 9.78 Å². The Morgan fingerprint density at radius 2 is 1.88 bits per heavy atom. The van der Waals surface area contributed by atoms with Crippen molar-refractivity contribution in [2.75, 3.05) is 0 Å². The second-order valence-electron chi connectivity index (χ2n) is 3.28. The van der Waals surface area contributed by atoms with Gasteiger partial charge in [0.1, 0.15) is 0 Å². The van der Waals surface area contributed by atoms with Gasteiger partial charge in [-0.05, 0) is 24.3 Å². The van der Waals surface area contributed by atoms with E-state index < -0.39 is 0 Å². The van der Waals surface area contributed by atoms with E-state index in [1.165, 1.54) is 6.20 Å². The van der Waals surface area contributed by atoms with E-state index in [1.54, 1.807) is 24.3 Å². The summed E-state index contributed by atoms with van der Waals surface area (Å²) in [6, 6.07) is 12.7. The summed E-state index contributed by atoms with van der Waals surface area (Å²) in [5.41, 5.74) is 2.89. The fourth-order valence-electron chi connectivity index (χ4n) is 1.36. The zero-order chi connectivity index (χ0) is 11.4. The summed E-state index contributed by atoms with van der Waals surface area (Å²) in [5.74, 6) is 0. The highest BCUT2D eigenvalue weighted by Crippen LogP contribution is 2.17. The van der Waals surface area contributed by atoms with Crippen LogP contribution in [-0.4, -0.2) is 11.3 Å². The molecule has 0 saturated carbocycles. The Hall–Kier alpha value is -2.47. The molecule has 0 spiro atoms. The second kappa shape index (κ2) is 4.37. The first-order valence-electron chi connectivity index (χ1n) is 4.75. The Morgan fingerprint density at radius 3 is 2.38 bits per heavy atom. The van der Waals surface area contributed by atoms with Crippen LogP contribution in [0.4, 0.5) is 0 Å². The second-order valence-corrected chi connectivity index (χ2v) is 3.28. The van der Waals surface area contributed by atoms with E-state index in [-0.39, 0.29) is 0 Å². The average molecular weight is 208 g/mol. The molecule has 1 aromatic heterocycles. The first-order chi connectivity index (χ1) is 7.83. The molecule has 3 heteroatoms. The molecule has 0 aliphatic heterocycles. The molecule has 0 bridgehead atoms. The van der Waals surface area contributed by atoms with E-state index in [0.717, 1.165) is 17.5 Å². The van der Waals surface area contributed by atoms with Gasteiger partial charge in [-0.25, -0.2) is 0 Å². The standard InChI is InChI=1S/C13H8N2O/c14-7-10-1-4-12(5-2-10)13-6-3-11(9-16)8-15-13/h1-6,8-9H. The van der Waals surface area contributed by atoms with Crippen molar-refractivity contribution in [3.63, 3.8) is 0 Å². The van der Waals surface area contributed by atoms with Crippen molar-refractivity contribution in [1.29, 1.82) is 5.26 Å². The van der Waals surface area contributed by atoms with Crippen molar-refractivity contribution in [2.24, 2.45) is 0 Å². The number of hydrogen-bond acceptors (Lipinski definition) is 3. The SMILES string of the molecule is N#Cc1ccc(-c2ccc(C=O)cn2)cc1. The fourth-order valence-corrected chi connectivity index (χ4v) is 1.36. The lowest BCUT2D eigenvalue weighted by molar-refractivity contribution is 0.112. The Kier molecular flexibility index (Phi) is 2.75. The molecule has 0 aliphatic carbocycles. The van der Waals surface area contributed by atoms with E-state index in [9.17, 15) is 4.79 Å². The monoisotopic (exact) mass is 208 g/mol. The van der Waals surface area contributed by atoms with Gasteiger partial charge < -0.3 is 0 Å². The van der Waals surface area contributed by atoms with Gasteiger partial charge in [0.15, 0.2) is 6.29 Å². The topological polar surface area (TPSA) is 53.8 Å². The molecule has 3 nitrogen and oxygen atoms in total. The highest BCUT2D eigenvalue weighted by atomic mass is 16.1. The van der Waals surface area contributed by atoms with E-state index in [4.69, 9.17) is 5.26 Å². The Bertz CT molecular complexity index is 536. The zero-order valence-electron chi connectivity index (χ0n) is 8.42. The van der Waals surface area contributed by atoms with Gasteiger partial charge in [0.05, 0.1) is 17.3 Å². The van der Waals surface area contributed by atoms with Crippen molar-refractivity contribution in [2.45, 2.75) is 0 Å². The number of carbonyl (C=O) groups excluding carboxylic acids is 1. The zero-order valence-corrected chi connectivity index (χ0v) is 8.42. The molecule has 0 fully saturated rings. The fraction of sp³-hybridized carbons (Fsp3) is 0. The van der Waals surface area contributed by atoms with Crippen LogP contribution in [0, 0.1) is 11.3 Å². The number of rotatable bonds is 2. The van der Waals surface area contributed by atoms with Crippen LogP contribution in [0.2, 0.25) is 0 Å². The number of aldehydes is 1. The van der Waals surface area contributed by atoms with Crippen LogP contribution in [0.15, 0.2) is 42.6 Å². The summed E-state index contributed by atoms with van der Waals surface area (Å²) >= 11 is 0. The van der Waals surface area contributed by atoms with E-state index in [1.807, 2.05) is 12.1 Å². The molecule has 0 saturated heterocycles. The van der Waals surface area contributed by atoms with Gasteiger partial charge in [0.2, 0.25) is 0 Å². The Morgan fingerprint density at radius 1 is 1.12 bits per heavy atom. The van der Waals surface area contributed by atoms with Gasteiger partial charge in [0.25, 0.3) is 0 Å². The molecule has 0 amide bonds. The van der Waals surface area contributed by atoms with Crippen molar-refractivity contribution < 1.29 is 4.79 Å². The summed E-state index contributed by atoms with van der Waals surface area (Å²) < 4.78 is 0. The van der Waals surface area contributed by atoms with Gasteiger partial charge in [-0.15, -0.1) is 0 Å². The smallest absolute Gasteiger partial charge is 0.151 e. The quantitative estimate of drug-likeness (QED) is 0.712. The predicted molar refractivity (Wildman–Crippen MR) is 59.8 cm³/mol. The molecule has 0 radical (unpaired) electrons. The van der Waals surface area contributed by atoms with Crippen molar-refractivity contribution in [1.82, 2.24) is 4.98 Å². The number of nitrogens with zero attached hydrogens (tertiary/aromatic N) is 2. The van der Waals surface area contributed by atoms with Gasteiger partial charge in [0, 0.05) is 17.3 Å². The maximum atomic E-state index is 10.5. The Balaban J connectivity index is 2.35. The summed E-state index contributed by atoms with van der Waals surface area (Å²) in [7, 11) is 0. The molecule has 2 rings (SSSR count). The van der Waals surface area contributed by atoms with Crippen LogP contribution in [0.25, 0.3) is 11.3 Å². The molecule has 16 heavy (non-hydrogen) atoms. The van der Waals surface area contributed by atoms with Crippen LogP contribution in [0.1, 0.15) is 15.9 Å². The average Bonchev–Trinajstić information content (AvgIpc) is 2.39. The predicted octanol–water partition coefficient (Wildman–Crippen LogP) is 2.43. The summed E-state index contributed by atoms with van der Waals surface area (Å²) in [5, 5.41) is 8.66. The summed E-state index contributed by atoms with van der Waals surface area (Å²) in [6.07, 6.45) is 2.29. The van der Waals surface area contributed by atoms with E-state index in [0.29, 0.717) is 11.1 Å². The van der Waals surface area contributed by atoms with Crippen LogP contribution < -0.4 is 0 Å². The number of hydrogen-bond donors (Lipinski definition) is 0. The summed E-state index contributed by atoms with van der Waals surface area (Å²) in [6.45, 7) is 0. The van der Waals surface area contributed by atoms with E-state index >= 15 is 0 Å². The van der Waals surface area contributed by atoms with Crippen molar-refractivity contribution in [3.8, 4) is 17.3 Å². The normalized spacial score (nSPS) is 9.44. The molecule has 2 aromatic rings. The van der Waals surface area contributed by atoms with E-state index in [2.05, 4.69) is 11.1 Å². The Labute approximate surface area is 93.0 Å². The maximum absolute atomic E-state index is 10.5. The molecular weight excluding hydrogens is 200 g/mol. The third kappa shape index (κ3) is 1.96. The minimum Gasteiger partial charge on any atom is -0.298 e. The van der Waals surface area contributed by atoms with Crippen LogP contribution in [-0.2, 0) is 0 Å². The molecule has 76 valence electrons. The third-order valence-corrected chi connectivity index (χ3v) is 2.23. The molecule has 0 atom stereocenters. The summed E-state index contributed by atoms with van der Waals surface area (Å²) in [4.78, 5) is 14.6. The molecule has 0 N–H and O–H groups in total. The largest absolute Gasteiger partial charge is 0.298 e. The van der Waals surface area contributed by atoms with Crippen LogP contribution in [0.5, 0.6) is 0 Å². The number of carbonyl (C=O) groups is 1. The first-order valence-corrected chi connectivity index (χ1v) is 4.75. The van der Waals surface area contributed by atoms with Gasteiger partial charge in [-0.1, -0.05) is 12.1 Å². The third-order valence-electron chi connectivity index (χ3n) is 2.23.